The molecule has 0 bridgehead atoms. The van der Waals surface area contributed by atoms with E-state index in [0.717, 1.165) is 5.56 Å². The largest absolute Gasteiger partial charge is 0.421 e. The van der Waals surface area contributed by atoms with Gasteiger partial charge in [0.1, 0.15) is 11.5 Å². The molecule has 2 N–H and O–H groups in total. The zero-order chi connectivity index (χ0) is 28.4. The van der Waals surface area contributed by atoms with E-state index in [-0.39, 0.29) is 17.0 Å². The second-order valence-electron chi connectivity index (χ2n) is 8.78. The molecule has 6 nitrogen and oxygen atoms in total. The van der Waals surface area contributed by atoms with Crippen LogP contribution in [-0.4, -0.2) is 23.1 Å². The van der Waals surface area contributed by atoms with E-state index in [1.807, 2.05) is 13.0 Å². The molecule has 40 heavy (non-hydrogen) atoms. The van der Waals surface area contributed by atoms with Gasteiger partial charge in [-0.1, -0.05) is 75.6 Å². The summed E-state index contributed by atoms with van der Waals surface area (Å²) in [5.74, 6) is -1.45. The molecule has 0 unspecified atom stereocenters. The van der Waals surface area contributed by atoms with Gasteiger partial charge in [0.25, 0.3) is 5.91 Å². The molecular formula is C30H19Br2ClFN3O3. The van der Waals surface area contributed by atoms with Crippen LogP contribution in [0.1, 0.15) is 32.0 Å². The number of carbonyl (C=O) groups excluding carboxylic acids is 2. The van der Waals surface area contributed by atoms with Crippen LogP contribution >= 0.6 is 43.5 Å². The second kappa shape index (κ2) is 11.8. The number of hydrogen-bond acceptors (Lipinski definition) is 4. The van der Waals surface area contributed by atoms with Gasteiger partial charge < -0.3 is 9.72 Å². The van der Waals surface area contributed by atoms with Crippen molar-refractivity contribution in [2.24, 2.45) is 5.10 Å². The lowest BCUT2D eigenvalue weighted by molar-refractivity contribution is 0.0732. The van der Waals surface area contributed by atoms with Crippen molar-refractivity contribution < 1.29 is 18.7 Å². The van der Waals surface area contributed by atoms with Crippen molar-refractivity contribution in [1.82, 2.24) is 10.4 Å². The zero-order valence-electron chi connectivity index (χ0n) is 20.8. The third-order valence-electron chi connectivity index (χ3n) is 6.01. The number of carbonyl (C=O) groups is 2. The number of benzene rings is 4. The van der Waals surface area contributed by atoms with Gasteiger partial charge in [-0.15, -0.1) is 0 Å². The predicted octanol–water partition coefficient (Wildman–Crippen LogP) is 8.44. The molecule has 0 aliphatic heterocycles. The Hall–Kier alpha value is -3.79. The number of rotatable bonds is 6. The average molecular weight is 684 g/mol. The van der Waals surface area contributed by atoms with E-state index in [1.54, 1.807) is 66.7 Å². The number of nitrogens with zero attached hydrogens (tertiary/aromatic N) is 1. The van der Waals surface area contributed by atoms with Crippen molar-refractivity contribution in [3.05, 3.63) is 121 Å². The summed E-state index contributed by atoms with van der Waals surface area (Å²) < 4.78 is 21.5. The predicted molar refractivity (Wildman–Crippen MR) is 162 cm³/mol. The first kappa shape index (κ1) is 27.8. The molecule has 0 saturated carbocycles. The average Bonchev–Trinajstić information content (AvgIpc) is 3.31. The van der Waals surface area contributed by atoms with E-state index in [4.69, 9.17) is 16.3 Å². The van der Waals surface area contributed by atoms with Gasteiger partial charge in [-0.25, -0.2) is 14.6 Å². The van der Waals surface area contributed by atoms with Crippen LogP contribution in [0.3, 0.4) is 0 Å². The summed E-state index contributed by atoms with van der Waals surface area (Å²) in [6, 6.07) is 22.0. The van der Waals surface area contributed by atoms with Gasteiger partial charge in [0.05, 0.1) is 21.8 Å². The Labute approximate surface area is 250 Å². The highest BCUT2D eigenvalue weighted by Gasteiger charge is 2.22. The summed E-state index contributed by atoms with van der Waals surface area (Å²) in [5.41, 5.74) is 5.48. The number of aromatic nitrogens is 1. The number of esters is 1. The molecule has 10 heteroatoms. The normalized spacial score (nSPS) is 11.2. The number of ether oxygens (including phenoxy) is 1. The quantitative estimate of drug-likeness (QED) is 0.0816. The van der Waals surface area contributed by atoms with Gasteiger partial charge in [0.2, 0.25) is 0 Å². The Morgan fingerprint density at radius 1 is 1.02 bits per heavy atom. The molecule has 200 valence electrons. The minimum absolute atomic E-state index is 0.0897. The van der Waals surface area contributed by atoms with Crippen molar-refractivity contribution in [1.29, 1.82) is 0 Å². The Bertz CT molecular complexity index is 1820. The number of amides is 1. The van der Waals surface area contributed by atoms with Crippen LogP contribution in [-0.2, 0) is 0 Å². The summed E-state index contributed by atoms with van der Waals surface area (Å²) in [6.45, 7) is 1.88. The van der Waals surface area contributed by atoms with Crippen LogP contribution in [0.15, 0.2) is 92.9 Å². The van der Waals surface area contributed by atoms with Crippen molar-refractivity contribution in [3.8, 4) is 16.9 Å². The van der Waals surface area contributed by atoms with E-state index in [1.165, 1.54) is 12.3 Å². The monoisotopic (exact) mass is 681 g/mol. The van der Waals surface area contributed by atoms with Crippen LogP contribution in [0.2, 0.25) is 5.02 Å². The lowest BCUT2D eigenvalue weighted by Crippen LogP contribution is -2.19. The second-order valence-corrected chi connectivity index (χ2v) is 11.0. The molecule has 5 aromatic rings. The third kappa shape index (κ3) is 5.72. The SMILES string of the molecule is Cc1cccc(C(=O)Oc2c(Br)cc(Br)cc2C=NNC(=O)c2[nH]c3c(F)cccc3c2-c2ccccc2Cl)c1. The zero-order valence-corrected chi connectivity index (χ0v) is 24.7. The number of H-pyrrole nitrogens is 1. The van der Waals surface area contributed by atoms with E-state index < -0.39 is 17.7 Å². The van der Waals surface area contributed by atoms with Crippen LogP contribution in [0.25, 0.3) is 22.0 Å². The highest BCUT2D eigenvalue weighted by molar-refractivity contribution is 9.11. The van der Waals surface area contributed by atoms with E-state index in [0.29, 0.717) is 41.6 Å². The number of para-hydroxylation sites is 1. The molecule has 1 heterocycles. The maximum absolute atomic E-state index is 14.6. The molecule has 0 aliphatic carbocycles. The number of halogens is 4. The van der Waals surface area contributed by atoms with Crippen molar-refractivity contribution in [2.75, 3.05) is 0 Å². The summed E-state index contributed by atoms with van der Waals surface area (Å²) in [5, 5.41) is 5.01. The van der Waals surface area contributed by atoms with Crippen molar-refractivity contribution in [2.45, 2.75) is 6.92 Å². The molecule has 5 rings (SSSR count). The van der Waals surface area contributed by atoms with E-state index >= 15 is 0 Å². The molecule has 0 radical (unpaired) electrons. The molecule has 4 aromatic carbocycles. The van der Waals surface area contributed by atoms with E-state index in [2.05, 4.69) is 47.4 Å². The Balaban J connectivity index is 1.46. The lowest BCUT2D eigenvalue weighted by Gasteiger charge is -2.11. The van der Waals surface area contributed by atoms with Gasteiger partial charge in [0, 0.05) is 31.6 Å². The smallest absolute Gasteiger partial charge is 0.343 e. The van der Waals surface area contributed by atoms with Gasteiger partial charge in [-0.3, -0.25) is 4.79 Å². The van der Waals surface area contributed by atoms with E-state index in [9.17, 15) is 14.0 Å². The molecule has 0 spiro atoms. The van der Waals surface area contributed by atoms with Crippen molar-refractivity contribution >= 4 is 72.5 Å². The number of fused-ring (bicyclic) bond motifs is 1. The fourth-order valence-corrected chi connectivity index (χ4v) is 5.79. The Kier molecular flexibility index (Phi) is 8.16. The van der Waals surface area contributed by atoms with Gasteiger partial charge in [-0.05, 0) is 59.3 Å². The topological polar surface area (TPSA) is 83.5 Å². The molecule has 0 atom stereocenters. The minimum atomic E-state index is -0.617. The van der Waals surface area contributed by atoms with Crippen LogP contribution in [0, 0.1) is 12.7 Å². The summed E-state index contributed by atoms with van der Waals surface area (Å²) in [6.07, 6.45) is 1.35. The Morgan fingerprint density at radius 3 is 2.58 bits per heavy atom. The number of hydrazone groups is 1. The van der Waals surface area contributed by atoms with Gasteiger partial charge >= 0.3 is 5.97 Å². The van der Waals surface area contributed by atoms with Crippen molar-refractivity contribution in [3.63, 3.8) is 0 Å². The lowest BCUT2D eigenvalue weighted by atomic mass is 10.0. The maximum Gasteiger partial charge on any atom is 0.343 e. The molecule has 0 aliphatic rings. The number of hydrogen-bond donors (Lipinski definition) is 2. The molecule has 0 saturated heterocycles. The first-order valence-corrected chi connectivity index (χ1v) is 13.9. The fourth-order valence-electron chi connectivity index (χ4n) is 4.22. The number of aryl methyl sites for hydroxylation is 1. The number of aromatic amines is 1. The van der Waals surface area contributed by atoms with Crippen LogP contribution < -0.4 is 10.2 Å². The molecule has 1 amide bonds. The minimum Gasteiger partial charge on any atom is -0.421 e. The first-order chi connectivity index (χ1) is 19.2. The Morgan fingerprint density at radius 2 is 1.80 bits per heavy atom. The highest BCUT2D eigenvalue weighted by atomic mass is 79.9. The summed E-state index contributed by atoms with van der Waals surface area (Å²) in [7, 11) is 0. The standard InChI is InChI=1S/C30H19Br2ClFN3O3/c1-16-6-4-7-17(12-16)30(39)40-28-18(13-19(31)14-22(28)32)15-35-37-29(38)27-25(20-8-2-3-10-23(20)33)21-9-5-11-24(34)26(21)36-27/h2-15,36H,1H3,(H,37,38). The highest BCUT2D eigenvalue weighted by Crippen LogP contribution is 2.37. The molecule has 1 aromatic heterocycles. The summed E-state index contributed by atoms with van der Waals surface area (Å²) in [4.78, 5) is 29.0. The number of nitrogens with one attached hydrogen (secondary N) is 2. The van der Waals surface area contributed by atoms with Crippen LogP contribution in [0.4, 0.5) is 4.39 Å². The van der Waals surface area contributed by atoms with Gasteiger partial charge in [-0.2, -0.15) is 5.10 Å². The first-order valence-electron chi connectivity index (χ1n) is 11.9. The van der Waals surface area contributed by atoms with Crippen LogP contribution in [0.5, 0.6) is 5.75 Å². The summed E-state index contributed by atoms with van der Waals surface area (Å²) >= 11 is 13.3. The van der Waals surface area contributed by atoms with Gasteiger partial charge in [0.15, 0.2) is 5.75 Å². The molecular weight excluding hydrogens is 665 g/mol. The maximum atomic E-state index is 14.6. The third-order valence-corrected chi connectivity index (χ3v) is 7.39. The fraction of sp³-hybridized carbons (Fsp3) is 0.0333. The molecule has 0 fully saturated rings.